The highest BCUT2D eigenvalue weighted by atomic mass is 79.9. The van der Waals surface area contributed by atoms with Crippen molar-refractivity contribution >= 4 is 38.9 Å². The van der Waals surface area contributed by atoms with E-state index in [1.807, 2.05) is 13.0 Å². The number of aryl methyl sites for hydroxylation is 1. The molecule has 0 saturated carbocycles. The average Bonchev–Trinajstić information content (AvgIpc) is 2.57. The summed E-state index contributed by atoms with van der Waals surface area (Å²) in [5.74, 6) is -2.18. The molecule has 1 heterocycles. The molecule has 0 radical (unpaired) electrons. The molecule has 0 aliphatic rings. The minimum absolute atomic E-state index is 0.0697. The van der Waals surface area contributed by atoms with Gasteiger partial charge in [0.05, 0.1) is 0 Å². The summed E-state index contributed by atoms with van der Waals surface area (Å²) in [4.78, 5) is 12.7. The van der Waals surface area contributed by atoms with Crippen LogP contribution in [0.2, 0.25) is 0 Å². The van der Waals surface area contributed by atoms with Crippen molar-refractivity contribution in [3.05, 3.63) is 38.9 Å². The average molecular weight is 330 g/mol. The van der Waals surface area contributed by atoms with Gasteiger partial charge in [0.15, 0.2) is 0 Å². The van der Waals surface area contributed by atoms with Crippen LogP contribution in [0.4, 0.5) is 10.1 Å². The van der Waals surface area contributed by atoms with E-state index in [-0.39, 0.29) is 5.69 Å². The Balaban J connectivity index is 2.58. The van der Waals surface area contributed by atoms with Gasteiger partial charge in [0.2, 0.25) is 0 Å². The smallest absolute Gasteiger partial charge is 0.340 e. The zero-order valence-electron chi connectivity index (χ0n) is 9.33. The van der Waals surface area contributed by atoms with Crippen molar-refractivity contribution in [2.45, 2.75) is 6.92 Å². The number of nitrogen functional groups attached to an aromatic ring is 1. The maximum absolute atomic E-state index is 13.7. The Morgan fingerprint density at radius 3 is 2.56 bits per heavy atom. The third-order valence-electron chi connectivity index (χ3n) is 2.48. The van der Waals surface area contributed by atoms with Crippen molar-refractivity contribution in [3.63, 3.8) is 0 Å². The van der Waals surface area contributed by atoms with Gasteiger partial charge in [-0.25, -0.2) is 9.18 Å². The molecule has 0 aliphatic carbocycles. The number of carbonyl (C=O) groups is 1. The maximum Gasteiger partial charge on any atom is 0.340 e. The predicted octanol–water partition coefficient (Wildman–Crippen LogP) is 3.91. The summed E-state index contributed by atoms with van der Waals surface area (Å²) in [6.45, 7) is 1.93. The number of hydrogen-bond acceptors (Lipinski definition) is 3. The highest BCUT2D eigenvalue weighted by molar-refractivity contribution is 9.10. The van der Waals surface area contributed by atoms with E-state index in [0.29, 0.717) is 5.56 Å². The molecule has 0 spiro atoms. The van der Waals surface area contributed by atoms with Gasteiger partial charge in [-0.15, -0.1) is 11.3 Å². The molecule has 0 saturated heterocycles. The first-order chi connectivity index (χ1) is 8.40. The number of hydrogen-bond donors (Lipinski definition) is 2. The molecule has 6 heteroatoms. The second-order valence-corrected chi connectivity index (χ2v) is 5.85. The number of aromatic carboxylic acids is 1. The molecule has 2 rings (SSSR count). The fraction of sp³-hybridized carbons (Fsp3) is 0.0833. The summed E-state index contributed by atoms with van der Waals surface area (Å²) < 4.78 is 14.6. The first-order valence-corrected chi connectivity index (χ1v) is 6.59. The highest BCUT2D eigenvalue weighted by Crippen LogP contribution is 2.36. The minimum Gasteiger partial charge on any atom is -0.478 e. The first-order valence-electron chi connectivity index (χ1n) is 4.98. The van der Waals surface area contributed by atoms with E-state index in [2.05, 4.69) is 15.9 Å². The summed E-state index contributed by atoms with van der Waals surface area (Å²) in [7, 11) is 0. The molecular weight excluding hydrogens is 321 g/mol. The number of thiophene rings is 1. The van der Waals surface area contributed by atoms with Crippen molar-refractivity contribution in [3.8, 4) is 10.4 Å². The summed E-state index contributed by atoms with van der Waals surface area (Å²) in [6, 6.07) is 4.52. The third-order valence-corrected chi connectivity index (χ3v) is 4.66. The number of anilines is 1. The monoisotopic (exact) mass is 329 g/mol. The van der Waals surface area contributed by atoms with Gasteiger partial charge < -0.3 is 10.8 Å². The molecule has 0 atom stereocenters. The largest absolute Gasteiger partial charge is 0.478 e. The Bertz CT molecular complexity index is 596. The zero-order chi connectivity index (χ0) is 13.4. The van der Waals surface area contributed by atoms with E-state index in [0.717, 1.165) is 14.2 Å². The van der Waals surface area contributed by atoms with Crippen LogP contribution in [-0.4, -0.2) is 11.1 Å². The number of rotatable bonds is 2. The minimum atomic E-state index is -1.36. The number of carboxylic acid groups (broad SMARTS) is 1. The van der Waals surface area contributed by atoms with Crippen LogP contribution in [0, 0.1) is 12.7 Å². The van der Waals surface area contributed by atoms with Gasteiger partial charge >= 0.3 is 5.97 Å². The normalized spacial score (nSPS) is 10.6. The molecule has 1 aromatic carbocycles. The topological polar surface area (TPSA) is 63.3 Å². The Kier molecular flexibility index (Phi) is 3.41. The lowest BCUT2D eigenvalue weighted by atomic mass is 10.1. The van der Waals surface area contributed by atoms with Crippen LogP contribution >= 0.6 is 27.3 Å². The highest BCUT2D eigenvalue weighted by Gasteiger charge is 2.17. The number of halogens is 2. The lowest BCUT2D eigenvalue weighted by molar-refractivity contribution is 0.0693. The van der Waals surface area contributed by atoms with E-state index in [1.54, 1.807) is 0 Å². The van der Waals surface area contributed by atoms with E-state index in [1.165, 1.54) is 23.5 Å². The van der Waals surface area contributed by atoms with E-state index in [9.17, 15) is 9.18 Å². The van der Waals surface area contributed by atoms with Crippen molar-refractivity contribution in [1.82, 2.24) is 0 Å². The van der Waals surface area contributed by atoms with Crippen LogP contribution in [0.15, 0.2) is 22.7 Å². The van der Waals surface area contributed by atoms with Crippen molar-refractivity contribution < 1.29 is 14.3 Å². The Morgan fingerprint density at radius 2 is 2.11 bits per heavy atom. The van der Waals surface area contributed by atoms with E-state index < -0.39 is 17.3 Å². The molecule has 0 aliphatic heterocycles. The van der Waals surface area contributed by atoms with Gasteiger partial charge in [-0.05, 0) is 46.6 Å². The second-order valence-electron chi connectivity index (χ2n) is 3.74. The lowest BCUT2D eigenvalue weighted by Gasteiger charge is -2.05. The van der Waals surface area contributed by atoms with Crippen molar-refractivity contribution in [2.24, 2.45) is 0 Å². The van der Waals surface area contributed by atoms with Crippen LogP contribution in [0.25, 0.3) is 10.4 Å². The van der Waals surface area contributed by atoms with Crippen molar-refractivity contribution in [1.29, 1.82) is 0 Å². The molecule has 3 nitrogen and oxygen atoms in total. The molecule has 18 heavy (non-hydrogen) atoms. The number of carboxylic acids is 1. The molecule has 0 unspecified atom stereocenters. The van der Waals surface area contributed by atoms with Gasteiger partial charge in [-0.2, -0.15) is 0 Å². The maximum atomic E-state index is 13.7. The predicted molar refractivity (Wildman–Crippen MR) is 73.5 cm³/mol. The van der Waals surface area contributed by atoms with Crippen LogP contribution in [0.3, 0.4) is 0 Å². The molecule has 3 N–H and O–H groups in total. The quantitative estimate of drug-likeness (QED) is 0.821. The van der Waals surface area contributed by atoms with Crippen LogP contribution in [0.5, 0.6) is 0 Å². The fourth-order valence-electron chi connectivity index (χ4n) is 1.60. The lowest BCUT2D eigenvalue weighted by Crippen LogP contribution is -2.05. The molecule has 94 valence electrons. The fourth-order valence-corrected chi connectivity index (χ4v) is 3.12. The van der Waals surface area contributed by atoms with Gasteiger partial charge in [0.1, 0.15) is 11.4 Å². The van der Waals surface area contributed by atoms with Gasteiger partial charge in [-0.1, -0.05) is 0 Å². The molecule has 0 amide bonds. The molecule has 1 aromatic heterocycles. The van der Waals surface area contributed by atoms with E-state index in [4.69, 9.17) is 10.8 Å². The summed E-state index contributed by atoms with van der Waals surface area (Å²) in [6.07, 6.45) is 0. The van der Waals surface area contributed by atoms with Crippen molar-refractivity contribution in [2.75, 3.05) is 5.73 Å². The Labute approximate surface area is 115 Å². The van der Waals surface area contributed by atoms with Crippen LogP contribution in [-0.2, 0) is 0 Å². The Hall–Kier alpha value is -1.40. The van der Waals surface area contributed by atoms with Gasteiger partial charge in [-0.3, -0.25) is 0 Å². The number of benzene rings is 1. The Morgan fingerprint density at radius 1 is 1.44 bits per heavy atom. The van der Waals surface area contributed by atoms with Gasteiger partial charge in [0.25, 0.3) is 0 Å². The molecular formula is C12H9BrFNO2S. The SMILES string of the molecule is Cc1sc(-c2cc(N)c(C(=O)O)c(F)c2)cc1Br. The summed E-state index contributed by atoms with van der Waals surface area (Å²) >= 11 is 4.86. The van der Waals surface area contributed by atoms with E-state index >= 15 is 0 Å². The molecule has 0 fully saturated rings. The standard InChI is InChI=1S/C12H9BrFNO2S/c1-5-7(13)4-10(18-5)6-2-8(14)11(12(16)17)9(15)3-6/h2-4H,15H2,1H3,(H,16,17). The number of nitrogens with two attached hydrogens (primary N) is 1. The van der Waals surface area contributed by atoms with Gasteiger partial charge in [0, 0.05) is 19.9 Å². The van der Waals surface area contributed by atoms with Crippen LogP contribution < -0.4 is 5.73 Å². The molecule has 0 bridgehead atoms. The first kappa shape index (κ1) is 13.0. The molecule has 2 aromatic rings. The third kappa shape index (κ3) is 2.26. The second kappa shape index (κ2) is 4.70. The summed E-state index contributed by atoms with van der Waals surface area (Å²) in [5, 5.41) is 8.83. The summed E-state index contributed by atoms with van der Waals surface area (Å²) in [5.41, 5.74) is 5.60. The zero-order valence-corrected chi connectivity index (χ0v) is 11.7. The van der Waals surface area contributed by atoms with Crippen LogP contribution in [0.1, 0.15) is 15.2 Å².